The topological polar surface area (TPSA) is 32.7 Å². The van der Waals surface area contributed by atoms with Gasteiger partial charge in [-0.05, 0) is 42.9 Å². The predicted octanol–water partition coefficient (Wildman–Crippen LogP) is 3.24. The van der Waals surface area contributed by atoms with Crippen LogP contribution in [0.5, 0.6) is 0 Å². The number of halogens is 3. The van der Waals surface area contributed by atoms with Crippen LogP contribution < -0.4 is 0 Å². The number of alkyl halides is 3. The molecular formula is C17H22F3NO2. The van der Waals surface area contributed by atoms with E-state index in [1.165, 1.54) is 12.1 Å². The molecule has 0 bridgehead atoms. The second-order valence-corrected chi connectivity index (χ2v) is 6.55. The van der Waals surface area contributed by atoms with Crippen molar-refractivity contribution in [2.75, 3.05) is 26.3 Å². The van der Waals surface area contributed by atoms with Crippen LogP contribution in [-0.2, 0) is 10.9 Å². The molecule has 1 aromatic carbocycles. The quantitative estimate of drug-likeness (QED) is 0.870. The van der Waals surface area contributed by atoms with E-state index < -0.39 is 17.8 Å². The number of aliphatic hydroxyl groups is 1. The molecule has 1 saturated carbocycles. The normalized spacial score (nSPS) is 23.4. The summed E-state index contributed by atoms with van der Waals surface area (Å²) in [6, 6.07) is 5.31. The fourth-order valence-electron chi connectivity index (χ4n) is 3.09. The van der Waals surface area contributed by atoms with Crippen molar-refractivity contribution in [3.63, 3.8) is 0 Å². The van der Waals surface area contributed by atoms with E-state index in [1.807, 2.05) is 0 Å². The van der Waals surface area contributed by atoms with Crippen molar-refractivity contribution in [1.29, 1.82) is 0 Å². The van der Waals surface area contributed by atoms with Crippen LogP contribution >= 0.6 is 0 Å². The molecule has 2 aliphatic rings. The van der Waals surface area contributed by atoms with Crippen molar-refractivity contribution in [2.45, 2.75) is 37.6 Å². The fourth-order valence-corrected chi connectivity index (χ4v) is 3.09. The minimum atomic E-state index is -4.34. The van der Waals surface area contributed by atoms with E-state index in [9.17, 15) is 18.3 Å². The van der Waals surface area contributed by atoms with Gasteiger partial charge in [0.15, 0.2) is 0 Å². The van der Waals surface area contributed by atoms with Crippen molar-refractivity contribution in [3.8, 4) is 0 Å². The number of hydrogen-bond donors (Lipinski definition) is 1. The van der Waals surface area contributed by atoms with Crippen molar-refractivity contribution in [1.82, 2.24) is 4.90 Å². The summed E-state index contributed by atoms with van der Waals surface area (Å²) >= 11 is 0. The average Bonchev–Trinajstić information content (AvgIpc) is 3.24. The lowest BCUT2D eigenvalue weighted by Gasteiger charge is -2.27. The van der Waals surface area contributed by atoms with Crippen molar-refractivity contribution < 1.29 is 23.0 Å². The summed E-state index contributed by atoms with van der Waals surface area (Å²) in [6.07, 6.45) is -1.80. The van der Waals surface area contributed by atoms with Gasteiger partial charge >= 0.3 is 6.18 Å². The Morgan fingerprint density at radius 3 is 2.39 bits per heavy atom. The largest absolute Gasteiger partial charge is 0.416 e. The molecule has 2 atom stereocenters. The van der Waals surface area contributed by atoms with Crippen LogP contribution in [0.2, 0.25) is 0 Å². The highest BCUT2D eigenvalue weighted by Gasteiger charge is 2.33. The Balaban J connectivity index is 1.60. The molecule has 1 N–H and O–H groups in total. The Bertz CT molecular complexity index is 508. The molecular weight excluding hydrogens is 307 g/mol. The maximum atomic E-state index is 12.6. The maximum absolute atomic E-state index is 12.6. The van der Waals surface area contributed by atoms with Crippen LogP contribution in [0.4, 0.5) is 13.2 Å². The Kier molecular flexibility index (Phi) is 4.94. The van der Waals surface area contributed by atoms with Gasteiger partial charge in [0, 0.05) is 25.7 Å². The molecule has 0 radical (unpaired) electrons. The van der Waals surface area contributed by atoms with E-state index in [2.05, 4.69) is 4.90 Å². The molecule has 6 heteroatoms. The van der Waals surface area contributed by atoms with Gasteiger partial charge in [-0.1, -0.05) is 12.1 Å². The molecule has 3 nitrogen and oxygen atoms in total. The van der Waals surface area contributed by atoms with Gasteiger partial charge in [0.25, 0.3) is 0 Å². The molecule has 1 aliphatic heterocycles. The highest BCUT2D eigenvalue weighted by Crippen LogP contribution is 2.32. The van der Waals surface area contributed by atoms with Crippen LogP contribution in [0.1, 0.15) is 36.5 Å². The summed E-state index contributed by atoms with van der Waals surface area (Å²) in [6.45, 7) is 2.92. The zero-order chi connectivity index (χ0) is 16.4. The zero-order valence-corrected chi connectivity index (χ0v) is 12.9. The zero-order valence-electron chi connectivity index (χ0n) is 12.9. The standard InChI is InChI=1S/C17H22F3NO2/c18-17(19,20)14-3-1-13(2-4-14)16(22)10-21(15-5-6-15)9-12-7-8-23-11-12/h1-4,12,15-16,22H,5-11H2/t12-,16+/m0/s1. The third-order valence-electron chi connectivity index (χ3n) is 4.61. The first-order valence-corrected chi connectivity index (χ1v) is 8.10. The smallest absolute Gasteiger partial charge is 0.387 e. The lowest BCUT2D eigenvalue weighted by Crippen LogP contribution is -2.35. The van der Waals surface area contributed by atoms with E-state index in [0.717, 1.165) is 51.2 Å². The summed E-state index contributed by atoms with van der Waals surface area (Å²) in [7, 11) is 0. The van der Waals surface area contributed by atoms with Gasteiger partial charge in [-0.15, -0.1) is 0 Å². The van der Waals surface area contributed by atoms with Gasteiger partial charge in [0.2, 0.25) is 0 Å². The first kappa shape index (κ1) is 16.7. The van der Waals surface area contributed by atoms with E-state index in [0.29, 0.717) is 24.1 Å². The molecule has 2 fully saturated rings. The molecule has 3 rings (SSSR count). The lowest BCUT2D eigenvalue weighted by molar-refractivity contribution is -0.137. The average molecular weight is 329 g/mol. The van der Waals surface area contributed by atoms with Gasteiger partial charge in [-0.3, -0.25) is 4.90 Å². The molecule has 0 aromatic heterocycles. The molecule has 0 spiro atoms. The van der Waals surface area contributed by atoms with E-state index >= 15 is 0 Å². The minimum Gasteiger partial charge on any atom is -0.387 e. The summed E-state index contributed by atoms with van der Waals surface area (Å²) in [5.74, 6) is 0.496. The SMILES string of the molecule is O[C@H](CN(C[C@@H]1CCOC1)C1CC1)c1ccc(C(F)(F)F)cc1. The summed E-state index contributed by atoms with van der Waals surface area (Å²) in [5, 5.41) is 10.4. The lowest BCUT2D eigenvalue weighted by atomic mass is 10.0. The first-order chi connectivity index (χ1) is 10.9. The fraction of sp³-hybridized carbons (Fsp3) is 0.647. The second-order valence-electron chi connectivity index (χ2n) is 6.55. The molecule has 128 valence electrons. The summed E-state index contributed by atoms with van der Waals surface area (Å²) in [4.78, 5) is 2.27. The van der Waals surface area contributed by atoms with Gasteiger partial charge in [0.05, 0.1) is 18.3 Å². The number of rotatable bonds is 6. The van der Waals surface area contributed by atoms with Crippen LogP contribution in [0, 0.1) is 5.92 Å². The molecule has 0 amide bonds. The second kappa shape index (κ2) is 6.79. The van der Waals surface area contributed by atoms with Crippen molar-refractivity contribution in [3.05, 3.63) is 35.4 Å². The molecule has 0 unspecified atom stereocenters. The molecule has 23 heavy (non-hydrogen) atoms. The number of aliphatic hydroxyl groups excluding tert-OH is 1. The Labute approximate surface area is 134 Å². The van der Waals surface area contributed by atoms with Gasteiger partial charge in [-0.2, -0.15) is 13.2 Å². The summed E-state index contributed by atoms with van der Waals surface area (Å²) < 4.78 is 43.2. The number of ether oxygens (including phenoxy) is 1. The van der Waals surface area contributed by atoms with Gasteiger partial charge in [0.1, 0.15) is 0 Å². The summed E-state index contributed by atoms with van der Waals surface area (Å²) in [5.41, 5.74) is -0.151. The minimum absolute atomic E-state index is 0.465. The Morgan fingerprint density at radius 2 is 1.87 bits per heavy atom. The third kappa shape index (κ3) is 4.46. The Morgan fingerprint density at radius 1 is 1.17 bits per heavy atom. The third-order valence-corrected chi connectivity index (χ3v) is 4.61. The van der Waals surface area contributed by atoms with E-state index in [1.54, 1.807) is 0 Å². The highest BCUT2D eigenvalue weighted by atomic mass is 19.4. The van der Waals surface area contributed by atoms with Gasteiger partial charge in [-0.25, -0.2) is 0 Å². The number of nitrogens with zero attached hydrogens (tertiary/aromatic N) is 1. The molecule has 1 aromatic rings. The van der Waals surface area contributed by atoms with E-state index in [-0.39, 0.29) is 0 Å². The first-order valence-electron chi connectivity index (χ1n) is 8.10. The highest BCUT2D eigenvalue weighted by molar-refractivity contribution is 5.26. The van der Waals surface area contributed by atoms with Crippen LogP contribution in [-0.4, -0.2) is 42.4 Å². The predicted molar refractivity (Wildman–Crippen MR) is 79.9 cm³/mol. The Hall–Kier alpha value is -1.11. The van der Waals surface area contributed by atoms with Crippen LogP contribution in [0.3, 0.4) is 0 Å². The molecule has 1 saturated heterocycles. The maximum Gasteiger partial charge on any atom is 0.416 e. The van der Waals surface area contributed by atoms with Crippen molar-refractivity contribution in [2.24, 2.45) is 5.92 Å². The molecule has 1 aliphatic carbocycles. The number of hydrogen-bond acceptors (Lipinski definition) is 3. The van der Waals surface area contributed by atoms with Crippen LogP contribution in [0.15, 0.2) is 24.3 Å². The molecule has 1 heterocycles. The van der Waals surface area contributed by atoms with E-state index in [4.69, 9.17) is 4.74 Å². The monoisotopic (exact) mass is 329 g/mol. The van der Waals surface area contributed by atoms with Gasteiger partial charge < -0.3 is 9.84 Å². The number of benzene rings is 1. The van der Waals surface area contributed by atoms with Crippen molar-refractivity contribution >= 4 is 0 Å². The van der Waals surface area contributed by atoms with Crippen LogP contribution in [0.25, 0.3) is 0 Å².